The van der Waals surface area contributed by atoms with Crippen LogP contribution in [-0.2, 0) is 0 Å². The van der Waals surface area contributed by atoms with Gasteiger partial charge in [0.1, 0.15) is 5.58 Å². The van der Waals surface area contributed by atoms with Crippen molar-refractivity contribution in [1.29, 1.82) is 0 Å². The average Bonchev–Trinajstić information content (AvgIpc) is 2.89. The highest BCUT2D eigenvalue weighted by Crippen LogP contribution is 2.32. The van der Waals surface area contributed by atoms with Gasteiger partial charge >= 0.3 is 0 Å². The summed E-state index contributed by atoms with van der Waals surface area (Å²) in [5.74, 6) is 0.731. The summed E-state index contributed by atoms with van der Waals surface area (Å²) in [4.78, 5) is 14.7. The SMILES string of the molecule is Cc1ccc(C)c2c(C)c(C(=O)N3CCC(C(C)O)CC3)oc12. The number of benzene rings is 1. The minimum atomic E-state index is -0.300. The molecule has 1 atom stereocenters. The Kier molecular flexibility index (Phi) is 4.19. The number of carbonyl (C=O) groups excluding carboxylic acids is 1. The van der Waals surface area contributed by atoms with Crippen LogP contribution in [0.1, 0.15) is 47.0 Å². The van der Waals surface area contributed by atoms with Gasteiger partial charge in [-0.25, -0.2) is 0 Å². The fourth-order valence-electron chi connectivity index (χ4n) is 3.61. The van der Waals surface area contributed by atoms with Crippen LogP contribution in [0.2, 0.25) is 0 Å². The van der Waals surface area contributed by atoms with Crippen molar-refractivity contribution >= 4 is 16.9 Å². The summed E-state index contributed by atoms with van der Waals surface area (Å²) in [7, 11) is 0. The first-order valence-corrected chi connectivity index (χ1v) is 8.36. The van der Waals surface area contributed by atoms with E-state index in [4.69, 9.17) is 4.42 Å². The summed E-state index contributed by atoms with van der Waals surface area (Å²) in [6, 6.07) is 4.10. The van der Waals surface area contributed by atoms with Gasteiger partial charge in [-0.2, -0.15) is 0 Å². The molecule has 0 saturated carbocycles. The fraction of sp³-hybridized carbons (Fsp3) is 0.526. The lowest BCUT2D eigenvalue weighted by atomic mass is 9.92. The molecule has 3 rings (SSSR count). The number of hydrogen-bond donors (Lipinski definition) is 1. The molecular weight excluding hydrogens is 290 g/mol. The van der Waals surface area contributed by atoms with Gasteiger partial charge in [-0.15, -0.1) is 0 Å². The Morgan fingerprint density at radius 3 is 2.39 bits per heavy atom. The summed E-state index contributed by atoms with van der Waals surface area (Å²) in [6.07, 6.45) is 1.40. The van der Waals surface area contributed by atoms with E-state index in [2.05, 4.69) is 6.07 Å². The number of fused-ring (bicyclic) bond motifs is 1. The Balaban J connectivity index is 1.89. The zero-order valence-electron chi connectivity index (χ0n) is 14.3. The number of rotatable bonds is 2. The van der Waals surface area contributed by atoms with Crippen molar-refractivity contribution in [2.24, 2.45) is 5.92 Å². The third-order valence-corrected chi connectivity index (χ3v) is 5.19. The number of hydrogen-bond acceptors (Lipinski definition) is 3. The number of likely N-dealkylation sites (tertiary alicyclic amines) is 1. The molecule has 4 nitrogen and oxygen atoms in total. The largest absolute Gasteiger partial charge is 0.450 e. The smallest absolute Gasteiger partial charge is 0.289 e. The van der Waals surface area contributed by atoms with Crippen LogP contribution in [0.25, 0.3) is 11.0 Å². The highest BCUT2D eigenvalue weighted by Gasteiger charge is 2.29. The van der Waals surface area contributed by atoms with Crippen LogP contribution in [0.3, 0.4) is 0 Å². The highest BCUT2D eigenvalue weighted by molar-refractivity contribution is 6.00. The van der Waals surface area contributed by atoms with E-state index in [1.807, 2.05) is 38.7 Å². The van der Waals surface area contributed by atoms with Crippen LogP contribution in [0.15, 0.2) is 16.5 Å². The molecule has 2 heterocycles. The lowest BCUT2D eigenvalue weighted by molar-refractivity contribution is 0.0499. The minimum absolute atomic E-state index is 0.0263. The van der Waals surface area contributed by atoms with Crippen molar-refractivity contribution in [2.45, 2.75) is 46.6 Å². The molecule has 23 heavy (non-hydrogen) atoms. The third-order valence-electron chi connectivity index (χ3n) is 5.19. The summed E-state index contributed by atoms with van der Waals surface area (Å²) in [5, 5.41) is 10.8. The fourth-order valence-corrected chi connectivity index (χ4v) is 3.61. The van der Waals surface area contributed by atoms with E-state index < -0.39 is 0 Å². The molecule has 1 aromatic carbocycles. The Bertz CT molecular complexity index is 737. The first-order valence-electron chi connectivity index (χ1n) is 8.36. The molecule has 0 radical (unpaired) electrons. The number of piperidine rings is 1. The van der Waals surface area contributed by atoms with Crippen molar-refractivity contribution in [3.05, 3.63) is 34.6 Å². The van der Waals surface area contributed by atoms with Crippen molar-refractivity contribution in [2.75, 3.05) is 13.1 Å². The summed E-state index contributed by atoms with van der Waals surface area (Å²) >= 11 is 0. The van der Waals surface area contributed by atoms with E-state index in [1.54, 1.807) is 0 Å². The zero-order chi connectivity index (χ0) is 16.7. The van der Waals surface area contributed by atoms with Gasteiger partial charge in [0.25, 0.3) is 5.91 Å². The second kappa shape index (κ2) is 6.00. The quantitative estimate of drug-likeness (QED) is 0.921. The molecule has 0 spiro atoms. The lowest BCUT2D eigenvalue weighted by Crippen LogP contribution is -2.40. The molecule has 1 aliphatic rings. The molecule has 1 unspecified atom stereocenters. The summed E-state index contributed by atoms with van der Waals surface area (Å²) < 4.78 is 5.96. The molecule has 2 aromatic rings. The van der Waals surface area contributed by atoms with Gasteiger partial charge in [-0.3, -0.25) is 4.79 Å². The van der Waals surface area contributed by atoms with Crippen molar-refractivity contribution < 1.29 is 14.3 Å². The average molecular weight is 315 g/mol. The maximum atomic E-state index is 12.9. The van der Waals surface area contributed by atoms with Crippen molar-refractivity contribution in [3.8, 4) is 0 Å². The Hall–Kier alpha value is -1.81. The van der Waals surface area contributed by atoms with Crippen molar-refractivity contribution in [1.82, 2.24) is 4.90 Å². The number of aliphatic hydroxyl groups is 1. The van der Waals surface area contributed by atoms with E-state index in [1.165, 1.54) is 0 Å². The third kappa shape index (κ3) is 2.76. The number of nitrogens with zero attached hydrogens (tertiary/aromatic N) is 1. The van der Waals surface area contributed by atoms with E-state index in [-0.39, 0.29) is 12.0 Å². The normalized spacial score (nSPS) is 17.7. The lowest BCUT2D eigenvalue weighted by Gasteiger charge is -2.32. The van der Waals surface area contributed by atoms with Crippen LogP contribution in [0.4, 0.5) is 0 Å². The van der Waals surface area contributed by atoms with Crippen LogP contribution in [0.5, 0.6) is 0 Å². The number of carbonyl (C=O) groups is 1. The van der Waals surface area contributed by atoms with Crippen LogP contribution in [-0.4, -0.2) is 35.1 Å². The first kappa shape index (κ1) is 16.1. The van der Waals surface area contributed by atoms with Crippen LogP contribution >= 0.6 is 0 Å². The highest BCUT2D eigenvalue weighted by atomic mass is 16.3. The maximum Gasteiger partial charge on any atom is 0.289 e. The number of furan rings is 1. The van der Waals surface area contributed by atoms with Gasteiger partial charge < -0.3 is 14.4 Å². The maximum absolute atomic E-state index is 12.9. The number of aryl methyl sites for hydroxylation is 3. The Morgan fingerprint density at radius 1 is 1.22 bits per heavy atom. The molecular formula is C19H25NO3. The van der Waals surface area contributed by atoms with Gasteiger partial charge in [0, 0.05) is 24.0 Å². The van der Waals surface area contributed by atoms with Crippen molar-refractivity contribution in [3.63, 3.8) is 0 Å². The molecule has 0 aliphatic carbocycles. The molecule has 1 saturated heterocycles. The monoisotopic (exact) mass is 315 g/mol. The molecule has 1 amide bonds. The summed E-state index contributed by atoms with van der Waals surface area (Å²) in [6.45, 7) is 9.22. The van der Waals surface area contributed by atoms with Gasteiger partial charge in [0.05, 0.1) is 6.10 Å². The van der Waals surface area contributed by atoms with Gasteiger partial charge in [-0.05, 0) is 57.6 Å². The second-order valence-electron chi connectivity index (χ2n) is 6.83. The van der Waals surface area contributed by atoms with Gasteiger partial charge in [-0.1, -0.05) is 12.1 Å². The minimum Gasteiger partial charge on any atom is -0.450 e. The number of aliphatic hydroxyl groups excluding tert-OH is 1. The van der Waals surface area contributed by atoms with E-state index in [9.17, 15) is 9.90 Å². The Morgan fingerprint density at radius 2 is 1.83 bits per heavy atom. The molecule has 124 valence electrons. The Labute approximate surface area is 137 Å². The summed E-state index contributed by atoms with van der Waals surface area (Å²) in [5.41, 5.74) is 3.95. The predicted octanol–water partition coefficient (Wildman–Crippen LogP) is 3.59. The molecule has 1 aromatic heterocycles. The van der Waals surface area contributed by atoms with Gasteiger partial charge in [0.15, 0.2) is 5.76 Å². The predicted molar refractivity (Wildman–Crippen MR) is 90.7 cm³/mol. The number of amides is 1. The van der Waals surface area contributed by atoms with Crippen LogP contribution in [0, 0.1) is 26.7 Å². The van der Waals surface area contributed by atoms with Gasteiger partial charge in [0.2, 0.25) is 0 Å². The molecule has 1 fully saturated rings. The van der Waals surface area contributed by atoms with E-state index >= 15 is 0 Å². The first-order chi connectivity index (χ1) is 10.9. The topological polar surface area (TPSA) is 53.7 Å². The zero-order valence-corrected chi connectivity index (χ0v) is 14.3. The molecule has 1 aliphatic heterocycles. The van der Waals surface area contributed by atoms with Crippen LogP contribution < -0.4 is 0 Å². The molecule has 4 heteroatoms. The molecule has 1 N–H and O–H groups in total. The standard InChI is InChI=1S/C19H25NO3/c1-11-5-6-12(2)17-16(11)13(3)18(23-17)19(22)20-9-7-15(8-10-20)14(4)21/h5-6,14-15,21H,7-10H2,1-4H3. The van der Waals surface area contributed by atoms with E-state index in [0.717, 1.165) is 40.5 Å². The second-order valence-corrected chi connectivity index (χ2v) is 6.83. The van der Waals surface area contributed by atoms with E-state index in [0.29, 0.717) is 24.8 Å². The molecule has 0 bridgehead atoms.